The van der Waals surface area contributed by atoms with Gasteiger partial charge in [-0.25, -0.2) is 4.57 Å². The maximum Gasteiger partial charge on any atom is 0.472 e. The quantitative estimate of drug-likeness (QED) is 0.572. The van der Waals surface area contributed by atoms with Gasteiger partial charge < -0.3 is 4.89 Å². The third-order valence-corrected chi connectivity index (χ3v) is 4.03. The standard InChI is InChI=1S/C10H15F6O4P/c11-9(12,13)8(10(14,15)16)7-5-3-1-2-4-6-19-21(17,18)20-7/h7-8H,1-6H2,(H,17,18). The van der Waals surface area contributed by atoms with Gasteiger partial charge >= 0.3 is 20.2 Å². The summed E-state index contributed by atoms with van der Waals surface area (Å²) in [6.45, 7) is -0.261. The van der Waals surface area contributed by atoms with Gasteiger partial charge in [0.1, 0.15) is 0 Å². The van der Waals surface area contributed by atoms with Crippen molar-refractivity contribution in [3.05, 3.63) is 0 Å². The van der Waals surface area contributed by atoms with Crippen molar-refractivity contribution in [2.75, 3.05) is 6.61 Å². The third-order valence-electron chi connectivity index (χ3n) is 2.98. The van der Waals surface area contributed by atoms with E-state index in [0.29, 0.717) is 19.3 Å². The second-order valence-corrected chi connectivity index (χ2v) is 6.12. The second kappa shape index (κ2) is 6.85. The molecule has 1 heterocycles. The van der Waals surface area contributed by atoms with E-state index >= 15 is 0 Å². The van der Waals surface area contributed by atoms with Crippen molar-refractivity contribution in [1.29, 1.82) is 0 Å². The first-order chi connectivity index (χ1) is 9.43. The fourth-order valence-electron chi connectivity index (χ4n) is 2.07. The van der Waals surface area contributed by atoms with E-state index in [1.807, 2.05) is 0 Å². The van der Waals surface area contributed by atoms with Crippen molar-refractivity contribution in [3.63, 3.8) is 0 Å². The second-order valence-electron chi connectivity index (χ2n) is 4.71. The highest BCUT2D eigenvalue weighted by Gasteiger charge is 2.61. The molecule has 126 valence electrons. The van der Waals surface area contributed by atoms with E-state index in [0.717, 1.165) is 0 Å². The Balaban J connectivity index is 3.03. The maximum atomic E-state index is 12.7. The van der Waals surface area contributed by atoms with Crippen molar-refractivity contribution in [3.8, 4) is 0 Å². The van der Waals surface area contributed by atoms with E-state index in [2.05, 4.69) is 9.05 Å². The summed E-state index contributed by atoms with van der Waals surface area (Å²) in [4.78, 5) is 9.22. The zero-order valence-corrected chi connectivity index (χ0v) is 11.7. The highest BCUT2D eigenvalue weighted by molar-refractivity contribution is 7.47. The van der Waals surface area contributed by atoms with E-state index in [4.69, 9.17) is 0 Å². The summed E-state index contributed by atoms with van der Waals surface area (Å²) < 4.78 is 95.9. The largest absolute Gasteiger partial charge is 0.472 e. The Morgan fingerprint density at radius 3 is 2.05 bits per heavy atom. The first-order valence-electron chi connectivity index (χ1n) is 6.22. The fourth-order valence-corrected chi connectivity index (χ4v) is 3.06. The van der Waals surface area contributed by atoms with E-state index in [-0.39, 0.29) is 13.0 Å². The van der Waals surface area contributed by atoms with Crippen molar-refractivity contribution >= 4 is 7.82 Å². The summed E-state index contributed by atoms with van der Waals surface area (Å²) in [5.41, 5.74) is 0. The maximum absolute atomic E-state index is 12.7. The molecule has 0 aliphatic carbocycles. The lowest BCUT2D eigenvalue weighted by atomic mass is 9.96. The first-order valence-corrected chi connectivity index (χ1v) is 7.72. The molecule has 0 amide bonds. The molecular weight excluding hydrogens is 329 g/mol. The van der Waals surface area contributed by atoms with Crippen LogP contribution in [0.2, 0.25) is 0 Å². The topological polar surface area (TPSA) is 55.8 Å². The van der Waals surface area contributed by atoms with Crippen LogP contribution in [0, 0.1) is 5.92 Å². The summed E-state index contributed by atoms with van der Waals surface area (Å²) in [6, 6.07) is 0. The molecule has 0 aromatic carbocycles. The third kappa shape index (κ3) is 6.14. The molecule has 1 aliphatic rings. The van der Waals surface area contributed by atoms with Crippen LogP contribution in [-0.4, -0.2) is 30.0 Å². The van der Waals surface area contributed by atoms with Crippen molar-refractivity contribution in [2.45, 2.75) is 50.6 Å². The minimum Gasteiger partial charge on any atom is -0.302 e. The number of hydrogen-bond donors (Lipinski definition) is 1. The summed E-state index contributed by atoms with van der Waals surface area (Å²) in [6.07, 6.45) is -13.1. The molecule has 0 radical (unpaired) electrons. The number of rotatable bonds is 1. The molecule has 0 saturated carbocycles. The van der Waals surface area contributed by atoms with Crippen LogP contribution in [0.4, 0.5) is 26.3 Å². The molecule has 0 bridgehead atoms. The van der Waals surface area contributed by atoms with Gasteiger partial charge in [0.05, 0.1) is 12.7 Å². The summed E-state index contributed by atoms with van der Waals surface area (Å²) in [5.74, 6) is -3.83. The Kier molecular flexibility index (Phi) is 6.11. The van der Waals surface area contributed by atoms with Gasteiger partial charge in [0, 0.05) is 0 Å². The molecule has 21 heavy (non-hydrogen) atoms. The van der Waals surface area contributed by atoms with Crippen LogP contribution in [0.1, 0.15) is 32.1 Å². The Morgan fingerprint density at radius 1 is 1.00 bits per heavy atom. The number of phosphoric ester groups is 1. The van der Waals surface area contributed by atoms with Crippen LogP contribution in [0.25, 0.3) is 0 Å². The van der Waals surface area contributed by atoms with Gasteiger partial charge in [-0.05, 0) is 12.8 Å². The SMILES string of the molecule is O=P1(O)OCCCCCCC(C(C(F)(F)F)C(F)(F)F)O1. The molecule has 1 fully saturated rings. The summed E-state index contributed by atoms with van der Waals surface area (Å²) in [5, 5.41) is 0. The minimum atomic E-state index is -5.63. The number of phosphoric acid groups is 1. The molecule has 2 atom stereocenters. The monoisotopic (exact) mass is 344 g/mol. The number of alkyl halides is 6. The lowest BCUT2D eigenvalue weighted by Gasteiger charge is -2.31. The molecule has 4 nitrogen and oxygen atoms in total. The summed E-state index contributed by atoms with van der Waals surface area (Å²) in [7, 11) is -4.95. The molecule has 2 unspecified atom stereocenters. The van der Waals surface area contributed by atoms with E-state index in [1.54, 1.807) is 0 Å². The highest BCUT2D eigenvalue weighted by Crippen LogP contribution is 2.52. The molecule has 1 saturated heterocycles. The van der Waals surface area contributed by atoms with Crippen LogP contribution >= 0.6 is 7.82 Å². The van der Waals surface area contributed by atoms with Gasteiger partial charge in [-0.1, -0.05) is 19.3 Å². The lowest BCUT2D eigenvalue weighted by molar-refractivity contribution is -0.304. The predicted octanol–water partition coefficient (Wildman–Crippen LogP) is 4.19. The zero-order valence-electron chi connectivity index (χ0n) is 10.8. The van der Waals surface area contributed by atoms with Crippen LogP contribution in [0.15, 0.2) is 0 Å². The van der Waals surface area contributed by atoms with E-state index < -0.39 is 38.6 Å². The molecule has 1 N–H and O–H groups in total. The minimum absolute atomic E-state index is 0.0350. The van der Waals surface area contributed by atoms with Gasteiger partial charge in [0.2, 0.25) is 0 Å². The van der Waals surface area contributed by atoms with Crippen LogP contribution in [0.5, 0.6) is 0 Å². The lowest BCUT2D eigenvalue weighted by Crippen LogP contribution is -2.45. The smallest absolute Gasteiger partial charge is 0.302 e. The van der Waals surface area contributed by atoms with Crippen molar-refractivity contribution < 1.29 is 44.8 Å². The molecule has 0 aromatic heterocycles. The van der Waals surface area contributed by atoms with Crippen LogP contribution < -0.4 is 0 Å². The molecule has 11 heteroatoms. The van der Waals surface area contributed by atoms with Gasteiger partial charge in [0.25, 0.3) is 0 Å². The molecule has 0 aromatic rings. The first kappa shape index (κ1) is 18.7. The van der Waals surface area contributed by atoms with Gasteiger partial charge in [0.15, 0.2) is 5.92 Å². The molecule has 0 spiro atoms. The van der Waals surface area contributed by atoms with Crippen molar-refractivity contribution in [1.82, 2.24) is 0 Å². The van der Waals surface area contributed by atoms with Gasteiger partial charge in [-0.2, -0.15) is 26.3 Å². The Morgan fingerprint density at radius 2 is 1.52 bits per heavy atom. The molecule has 1 aliphatic heterocycles. The normalized spacial score (nSPS) is 30.4. The molecule has 1 rings (SSSR count). The number of halogens is 6. The van der Waals surface area contributed by atoms with Gasteiger partial charge in [-0.3, -0.25) is 9.05 Å². The van der Waals surface area contributed by atoms with Crippen LogP contribution in [-0.2, 0) is 13.6 Å². The Labute approximate surface area is 117 Å². The van der Waals surface area contributed by atoms with Crippen LogP contribution in [0.3, 0.4) is 0 Å². The average Bonchev–Trinajstić information content (AvgIpc) is 2.22. The Bertz CT molecular complexity index is 369. The van der Waals surface area contributed by atoms with Crippen molar-refractivity contribution in [2.24, 2.45) is 5.92 Å². The Hall–Kier alpha value is -0.310. The average molecular weight is 344 g/mol. The van der Waals surface area contributed by atoms with E-state index in [1.165, 1.54) is 0 Å². The predicted molar refractivity (Wildman–Crippen MR) is 59.3 cm³/mol. The zero-order chi connectivity index (χ0) is 16.3. The summed E-state index contributed by atoms with van der Waals surface area (Å²) >= 11 is 0. The van der Waals surface area contributed by atoms with Gasteiger partial charge in [-0.15, -0.1) is 0 Å². The highest BCUT2D eigenvalue weighted by atomic mass is 31.2. The van der Waals surface area contributed by atoms with E-state index in [9.17, 15) is 35.8 Å². The number of hydrogen-bond acceptors (Lipinski definition) is 3. The molecular formula is C10H15F6O4P. The fraction of sp³-hybridized carbons (Fsp3) is 1.00.